The molecule has 2 aromatic heterocycles. The summed E-state index contributed by atoms with van der Waals surface area (Å²) in [7, 11) is 0. The van der Waals surface area contributed by atoms with Crippen molar-refractivity contribution in [3.05, 3.63) is 91.0 Å². The molecular weight excluding hydrogens is 624 g/mol. The molecule has 2 heterocycles. The number of unbranched alkanes of at least 4 members (excludes halogenated alkanes) is 1. The van der Waals surface area contributed by atoms with Gasteiger partial charge in [-0.3, -0.25) is 19.2 Å². The summed E-state index contributed by atoms with van der Waals surface area (Å²) in [5.41, 5.74) is 15.7. The summed E-state index contributed by atoms with van der Waals surface area (Å²) in [4.78, 5) is 62.8. The third kappa shape index (κ3) is 9.37. The SMILES string of the molecule is NCCCCC(NC(=O)C(Cc1cnc[nH]1)NC(=O)CN)C(=O)NCC(=O)Nc1ccc(Nc2c3ccccc3nc3ccccc23)cc1. The predicted octanol–water partition coefficient (Wildman–Crippen LogP) is 2.21. The predicted molar refractivity (Wildman–Crippen MR) is 189 cm³/mol. The molecule has 0 radical (unpaired) electrons. The van der Waals surface area contributed by atoms with E-state index in [4.69, 9.17) is 16.5 Å². The summed E-state index contributed by atoms with van der Waals surface area (Å²) in [6, 6.07) is 21.1. The molecule has 0 aliphatic heterocycles. The minimum Gasteiger partial charge on any atom is -0.354 e. The molecule has 0 bridgehead atoms. The smallest absolute Gasteiger partial charge is 0.243 e. The van der Waals surface area contributed by atoms with E-state index >= 15 is 0 Å². The number of nitrogens with zero attached hydrogens (tertiary/aromatic N) is 2. The lowest BCUT2D eigenvalue weighted by molar-refractivity contribution is -0.132. The molecule has 0 saturated carbocycles. The Kier molecular flexibility index (Phi) is 11.8. The molecule has 5 aromatic rings. The van der Waals surface area contributed by atoms with Crippen LogP contribution in [0.15, 0.2) is 85.3 Å². The third-order valence-corrected chi connectivity index (χ3v) is 7.84. The van der Waals surface area contributed by atoms with Crippen molar-refractivity contribution in [2.24, 2.45) is 11.5 Å². The summed E-state index contributed by atoms with van der Waals surface area (Å²) in [6.45, 7) is -0.205. The van der Waals surface area contributed by atoms with Gasteiger partial charge in [-0.05, 0) is 62.2 Å². The number of hydrogen-bond acceptors (Lipinski definition) is 9. The van der Waals surface area contributed by atoms with Crippen molar-refractivity contribution in [3.63, 3.8) is 0 Å². The summed E-state index contributed by atoms with van der Waals surface area (Å²) in [6.07, 6.45) is 4.59. The Morgan fingerprint density at radius 1 is 0.755 bits per heavy atom. The number of aromatic amines is 1. The Balaban J connectivity index is 1.19. The first-order valence-electron chi connectivity index (χ1n) is 16.0. The second-order valence-electron chi connectivity index (χ2n) is 11.4. The van der Waals surface area contributed by atoms with Crippen LogP contribution < -0.4 is 38.1 Å². The first-order valence-corrected chi connectivity index (χ1v) is 16.0. The number of nitrogens with one attached hydrogen (secondary N) is 6. The van der Waals surface area contributed by atoms with Gasteiger partial charge >= 0.3 is 0 Å². The number of anilines is 3. The van der Waals surface area contributed by atoms with Gasteiger partial charge in [0.1, 0.15) is 12.1 Å². The molecule has 2 atom stereocenters. The van der Waals surface area contributed by atoms with Crippen LogP contribution in [0.4, 0.5) is 17.1 Å². The summed E-state index contributed by atoms with van der Waals surface area (Å²) >= 11 is 0. The van der Waals surface area contributed by atoms with Crippen molar-refractivity contribution in [2.45, 2.75) is 37.8 Å². The van der Waals surface area contributed by atoms with Gasteiger partial charge in [-0.25, -0.2) is 9.97 Å². The van der Waals surface area contributed by atoms with Crippen molar-refractivity contribution in [3.8, 4) is 0 Å². The molecule has 3 aromatic carbocycles. The number of carbonyl (C=O) groups excluding carboxylic acids is 4. The number of imidazole rings is 1. The first kappa shape index (κ1) is 34.5. The lowest BCUT2D eigenvalue weighted by Crippen LogP contribution is -2.55. The monoisotopic (exact) mass is 664 g/mol. The molecule has 254 valence electrons. The van der Waals surface area contributed by atoms with E-state index in [1.54, 1.807) is 12.1 Å². The second kappa shape index (κ2) is 16.8. The Hall–Kier alpha value is -5.86. The molecule has 0 aliphatic rings. The molecule has 0 saturated heterocycles. The number of rotatable bonds is 16. The van der Waals surface area contributed by atoms with Crippen molar-refractivity contribution < 1.29 is 19.2 Å². The van der Waals surface area contributed by atoms with Gasteiger partial charge in [0.15, 0.2) is 0 Å². The number of hydrogen-bond donors (Lipinski definition) is 8. The lowest BCUT2D eigenvalue weighted by Gasteiger charge is -2.23. The number of amides is 4. The fourth-order valence-corrected chi connectivity index (χ4v) is 5.36. The third-order valence-electron chi connectivity index (χ3n) is 7.84. The highest BCUT2D eigenvalue weighted by atomic mass is 16.2. The van der Waals surface area contributed by atoms with Gasteiger partial charge in [-0.2, -0.15) is 0 Å². The van der Waals surface area contributed by atoms with E-state index < -0.39 is 35.7 Å². The Labute approximate surface area is 282 Å². The molecule has 2 unspecified atom stereocenters. The molecule has 49 heavy (non-hydrogen) atoms. The maximum absolute atomic E-state index is 13.2. The standard InChI is InChI=1S/C35H40N10O4/c36-16-6-5-11-29(45-35(49)30(44-31(46)18-37)17-24-19-38-21-40-24)34(48)39-20-32(47)41-22-12-14-23(15-13-22)42-33-25-7-1-3-9-27(25)43-28-10-4-2-8-26(28)33/h1-4,7-10,12-15,19,21,29-30H,5-6,11,16-18,20,36-37H2,(H,38,40)(H,39,48)(H,41,47)(H,42,43)(H,44,46)(H,45,49). The maximum Gasteiger partial charge on any atom is 0.243 e. The van der Waals surface area contributed by atoms with Crippen LogP contribution in [-0.4, -0.2) is 70.3 Å². The molecule has 0 aliphatic carbocycles. The van der Waals surface area contributed by atoms with Gasteiger partial charge in [0.2, 0.25) is 23.6 Å². The molecule has 5 rings (SSSR count). The van der Waals surface area contributed by atoms with E-state index in [0.29, 0.717) is 30.8 Å². The number of fused-ring (bicyclic) bond motifs is 2. The average molecular weight is 665 g/mol. The van der Waals surface area contributed by atoms with Crippen LogP contribution in [-0.2, 0) is 25.6 Å². The quantitative estimate of drug-likeness (QED) is 0.0571. The fraction of sp³-hybridized carbons (Fsp3) is 0.257. The zero-order valence-corrected chi connectivity index (χ0v) is 26.9. The van der Waals surface area contributed by atoms with Crippen LogP contribution in [0.1, 0.15) is 25.0 Å². The number of benzene rings is 3. The van der Waals surface area contributed by atoms with Crippen molar-refractivity contribution in [1.29, 1.82) is 0 Å². The molecular formula is C35H40N10O4. The number of carbonyl (C=O) groups is 4. The van der Waals surface area contributed by atoms with Crippen LogP contribution in [0, 0.1) is 0 Å². The van der Waals surface area contributed by atoms with Crippen molar-refractivity contribution in [2.75, 3.05) is 30.3 Å². The molecule has 0 spiro atoms. The molecule has 14 nitrogen and oxygen atoms in total. The molecule has 14 heteroatoms. The number of nitrogens with two attached hydrogens (primary N) is 2. The highest BCUT2D eigenvalue weighted by Gasteiger charge is 2.27. The Morgan fingerprint density at radius 3 is 2.06 bits per heavy atom. The van der Waals surface area contributed by atoms with E-state index in [1.165, 1.54) is 12.5 Å². The second-order valence-corrected chi connectivity index (χ2v) is 11.4. The van der Waals surface area contributed by atoms with Gasteiger partial charge in [0.25, 0.3) is 0 Å². The van der Waals surface area contributed by atoms with Gasteiger partial charge in [0, 0.05) is 40.5 Å². The van der Waals surface area contributed by atoms with E-state index in [1.807, 2.05) is 60.7 Å². The Bertz CT molecular complexity index is 1840. The van der Waals surface area contributed by atoms with Gasteiger partial charge in [0.05, 0.1) is 36.1 Å². The number of pyridine rings is 1. The highest BCUT2D eigenvalue weighted by Crippen LogP contribution is 2.33. The number of H-pyrrole nitrogens is 1. The molecule has 0 fully saturated rings. The van der Waals surface area contributed by atoms with Gasteiger partial charge in [-0.15, -0.1) is 0 Å². The fourth-order valence-electron chi connectivity index (χ4n) is 5.36. The van der Waals surface area contributed by atoms with E-state index in [9.17, 15) is 19.2 Å². The van der Waals surface area contributed by atoms with Crippen LogP contribution in [0.25, 0.3) is 21.8 Å². The minimum absolute atomic E-state index is 0.112. The summed E-state index contributed by atoms with van der Waals surface area (Å²) in [5, 5.41) is 16.2. The first-order chi connectivity index (χ1) is 23.8. The van der Waals surface area contributed by atoms with E-state index in [-0.39, 0.29) is 25.9 Å². The number of aromatic nitrogens is 3. The summed E-state index contributed by atoms with van der Waals surface area (Å²) in [5.74, 6) is -2.08. The topological polar surface area (TPSA) is 222 Å². The van der Waals surface area contributed by atoms with Crippen molar-refractivity contribution >= 4 is 62.5 Å². The van der Waals surface area contributed by atoms with Gasteiger partial charge < -0.3 is 43.0 Å². The Morgan fingerprint density at radius 2 is 1.43 bits per heavy atom. The molecule has 10 N–H and O–H groups in total. The van der Waals surface area contributed by atoms with Crippen LogP contribution in [0.2, 0.25) is 0 Å². The number of para-hydroxylation sites is 2. The minimum atomic E-state index is -1.00. The van der Waals surface area contributed by atoms with Crippen LogP contribution >= 0.6 is 0 Å². The van der Waals surface area contributed by atoms with Crippen LogP contribution in [0.3, 0.4) is 0 Å². The maximum atomic E-state index is 13.2. The van der Waals surface area contributed by atoms with E-state index in [0.717, 1.165) is 33.2 Å². The lowest BCUT2D eigenvalue weighted by atomic mass is 10.1. The van der Waals surface area contributed by atoms with E-state index in [2.05, 4.69) is 36.6 Å². The zero-order valence-electron chi connectivity index (χ0n) is 26.9. The average Bonchev–Trinajstić information content (AvgIpc) is 3.63. The summed E-state index contributed by atoms with van der Waals surface area (Å²) < 4.78 is 0. The van der Waals surface area contributed by atoms with Crippen molar-refractivity contribution in [1.82, 2.24) is 30.9 Å². The highest BCUT2D eigenvalue weighted by molar-refractivity contribution is 6.08. The largest absolute Gasteiger partial charge is 0.354 e. The van der Waals surface area contributed by atoms with Gasteiger partial charge in [-0.1, -0.05) is 36.4 Å². The normalized spacial score (nSPS) is 12.2. The van der Waals surface area contributed by atoms with Crippen LogP contribution in [0.5, 0.6) is 0 Å². The molecule has 4 amide bonds. The zero-order chi connectivity index (χ0) is 34.6.